The largest absolute Gasteiger partial charge is 0.364 e. The van der Waals surface area contributed by atoms with E-state index in [1.165, 1.54) is 0 Å². The van der Waals surface area contributed by atoms with Gasteiger partial charge in [0.1, 0.15) is 5.69 Å². The Balaban J connectivity index is 0.00000364. The number of carbonyl (C=O) groups is 2. The molecular formula is C18H29IN6O2. The van der Waals surface area contributed by atoms with Crippen LogP contribution < -0.4 is 11.1 Å². The van der Waals surface area contributed by atoms with Gasteiger partial charge in [-0.1, -0.05) is 6.07 Å². The molecule has 0 radical (unpaired) electrons. The highest BCUT2D eigenvalue weighted by molar-refractivity contribution is 14.0. The molecule has 2 heterocycles. The van der Waals surface area contributed by atoms with Gasteiger partial charge >= 0.3 is 0 Å². The monoisotopic (exact) mass is 488 g/mol. The Labute approximate surface area is 177 Å². The first kappa shape index (κ1) is 23.1. The number of halogens is 1. The minimum absolute atomic E-state index is 0. The Morgan fingerprint density at radius 3 is 2.52 bits per heavy atom. The Kier molecular flexibility index (Phi) is 8.00. The lowest BCUT2D eigenvalue weighted by atomic mass is 9.96. The lowest BCUT2D eigenvalue weighted by Gasteiger charge is -2.49. The van der Waals surface area contributed by atoms with E-state index in [-0.39, 0.29) is 47.2 Å². The molecule has 3 N–H and O–H groups in total. The summed E-state index contributed by atoms with van der Waals surface area (Å²) < 4.78 is 0. The van der Waals surface area contributed by atoms with Gasteiger partial charge in [0.15, 0.2) is 5.96 Å². The summed E-state index contributed by atoms with van der Waals surface area (Å²) in [5, 5.41) is 3.26. The topological polar surface area (TPSA) is 104 Å². The van der Waals surface area contributed by atoms with Crippen molar-refractivity contribution in [2.75, 3.05) is 20.1 Å². The summed E-state index contributed by atoms with van der Waals surface area (Å²) in [5.41, 5.74) is 6.03. The van der Waals surface area contributed by atoms with Crippen molar-refractivity contribution in [1.29, 1.82) is 0 Å². The third-order valence-electron chi connectivity index (χ3n) is 4.38. The fraction of sp³-hybridized carbons (Fsp3) is 0.556. The Hall–Kier alpha value is -1.91. The van der Waals surface area contributed by atoms with E-state index in [0.717, 1.165) is 5.56 Å². The van der Waals surface area contributed by atoms with Crippen LogP contribution in [0.5, 0.6) is 0 Å². The first-order chi connectivity index (χ1) is 12.2. The number of guanidine groups is 1. The number of amides is 2. The van der Waals surface area contributed by atoms with Gasteiger partial charge in [-0.25, -0.2) is 0 Å². The molecule has 27 heavy (non-hydrogen) atoms. The summed E-state index contributed by atoms with van der Waals surface area (Å²) in [6, 6.07) is 3.54. The number of nitrogens with zero attached hydrogens (tertiary/aromatic N) is 4. The normalized spacial score (nSPS) is 17.0. The maximum absolute atomic E-state index is 12.6. The predicted octanol–water partition coefficient (Wildman–Crippen LogP) is 1.21. The lowest BCUT2D eigenvalue weighted by molar-refractivity contribution is -0.145. The van der Waals surface area contributed by atoms with Crippen molar-refractivity contribution in [3.63, 3.8) is 0 Å². The molecule has 0 aliphatic carbocycles. The minimum Gasteiger partial charge on any atom is -0.364 e. The molecular weight excluding hydrogens is 459 g/mol. The van der Waals surface area contributed by atoms with E-state index in [0.29, 0.717) is 25.6 Å². The van der Waals surface area contributed by atoms with Crippen molar-refractivity contribution in [1.82, 2.24) is 20.1 Å². The maximum Gasteiger partial charge on any atom is 0.267 e. The van der Waals surface area contributed by atoms with Gasteiger partial charge in [0, 0.05) is 32.4 Å². The fourth-order valence-electron chi connectivity index (χ4n) is 3.50. The summed E-state index contributed by atoms with van der Waals surface area (Å²) in [4.78, 5) is 35.9. The van der Waals surface area contributed by atoms with Crippen molar-refractivity contribution in [3.8, 4) is 0 Å². The highest BCUT2D eigenvalue weighted by atomic mass is 127. The summed E-state index contributed by atoms with van der Waals surface area (Å²) in [6.45, 7) is 9.66. The number of hydrogen-bond acceptors (Lipinski definition) is 4. The summed E-state index contributed by atoms with van der Waals surface area (Å²) in [7, 11) is 1.70. The van der Waals surface area contributed by atoms with Crippen LogP contribution >= 0.6 is 24.0 Å². The molecule has 1 saturated heterocycles. The van der Waals surface area contributed by atoms with Crippen molar-refractivity contribution in [3.05, 3.63) is 29.6 Å². The van der Waals surface area contributed by atoms with E-state index in [4.69, 9.17) is 5.73 Å². The molecule has 8 nitrogen and oxygen atoms in total. The standard InChI is InChI=1S/C18H28N6O2.HI/c1-12(2)24-15(25)10-23(11-18(24,3)4)17(20-5)22-9-13-6-7-14(16(19)26)21-8-13;/h6-8,12H,9-11H2,1-5H3,(H2,19,26)(H,20,22);1H. The van der Waals surface area contributed by atoms with E-state index in [1.54, 1.807) is 25.4 Å². The Morgan fingerprint density at radius 2 is 2.07 bits per heavy atom. The first-order valence-corrected chi connectivity index (χ1v) is 8.68. The number of nitrogens with one attached hydrogen (secondary N) is 1. The highest BCUT2D eigenvalue weighted by Crippen LogP contribution is 2.24. The third kappa shape index (κ3) is 5.53. The van der Waals surface area contributed by atoms with Crippen molar-refractivity contribution in [2.45, 2.75) is 45.8 Å². The smallest absolute Gasteiger partial charge is 0.267 e. The van der Waals surface area contributed by atoms with Gasteiger partial charge in [-0.2, -0.15) is 0 Å². The van der Waals surface area contributed by atoms with Gasteiger partial charge in [0.25, 0.3) is 5.91 Å². The first-order valence-electron chi connectivity index (χ1n) is 8.68. The second kappa shape index (κ2) is 9.34. The second-order valence-corrected chi connectivity index (χ2v) is 7.34. The summed E-state index contributed by atoms with van der Waals surface area (Å²) in [5.74, 6) is 0.199. The number of aliphatic imine (C=N–C) groups is 1. The molecule has 0 atom stereocenters. The fourth-order valence-corrected chi connectivity index (χ4v) is 3.50. The number of primary amides is 1. The molecule has 1 aliphatic rings. The molecule has 0 spiro atoms. The molecule has 1 fully saturated rings. The SMILES string of the molecule is CN=C(NCc1ccc(C(N)=O)nc1)N1CC(=O)N(C(C)C)C(C)(C)C1.I. The third-order valence-corrected chi connectivity index (χ3v) is 4.38. The molecule has 1 aromatic rings. The lowest BCUT2D eigenvalue weighted by Crippen LogP contribution is -2.66. The second-order valence-electron chi connectivity index (χ2n) is 7.34. The van der Waals surface area contributed by atoms with Gasteiger partial charge in [0.2, 0.25) is 5.91 Å². The number of piperazine rings is 1. The molecule has 0 bridgehead atoms. The van der Waals surface area contributed by atoms with Crippen LogP contribution in [0.1, 0.15) is 43.7 Å². The summed E-state index contributed by atoms with van der Waals surface area (Å²) in [6.07, 6.45) is 1.60. The molecule has 0 unspecified atom stereocenters. The molecule has 0 aromatic carbocycles. The number of nitrogens with two attached hydrogens (primary N) is 1. The number of carbonyl (C=O) groups excluding carboxylic acids is 2. The molecule has 1 aliphatic heterocycles. The highest BCUT2D eigenvalue weighted by Gasteiger charge is 2.40. The van der Waals surface area contributed by atoms with Gasteiger partial charge < -0.3 is 20.9 Å². The summed E-state index contributed by atoms with van der Waals surface area (Å²) >= 11 is 0. The number of hydrogen-bond donors (Lipinski definition) is 2. The molecule has 150 valence electrons. The molecule has 9 heteroatoms. The molecule has 1 aromatic heterocycles. The van der Waals surface area contributed by atoms with E-state index >= 15 is 0 Å². The van der Waals surface area contributed by atoms with E-state index in [9.17, 15) is 9.59 Å². The number of aromatic nitrogens is 1. The van der Waals surface area contributed by atoms with E-state index in [1.807, 2.05) is 23.6 Å². The van der Waals surface area contributed by atoms with Gasteiger partial charge in [-0.3, -0.25) is 19.6 Å². The van der Waals surface area contributed by atoms with Crippen LogP contribution in [-0.4, -0.2) is 64.3 Å². The van der Waals surface area contributed by atoms with Gasteiger partial charge in [-0.15, -0.1) is 24.0 Å². The quantitative estimate of drug-likeness (QED) is 0.377. The van der Waals surface area contributed by atoms with Gasteiger partial charge in [0.05, 0.1) is 12.1 Å². The molecule has 0 saturated carbocycles. The number of rotatable bonds is 4. The van der Waals surface area contributed by atoms with E-state index < -0.39 is 5.91 Å². The number of pyridine rings is 1. The van der Waals surface area contributed by atoms with E-state index in [2.05, 4.69) is 29.1 Å². The van der Waals surface area contributed by atoms with Crippen molar-refractivity contribution in [2.24, 2.45) is 10.7 Å². The predicted molar refractivity (Wildman–Crippen MR) is 116 cm³/mol. The van der Waals surface area contributed by atoms with Crippen molar-refractivity contribution >= 4 is 41.8 Å². The zero-order chi connectivity index (χ0) is 19.5. The Morgan fingerprint density at radius 1 is 1.41 bits per heavy atom. The van der Waals surface area contributed by atoms with Crippen LogP contribution in [0.4, 0.5) is 0 Å². The molecule has 2 amide bonds. The van der Waals surface area contributed by atoms with Crippen LogP contribution in [0.25, 0.3) is 0 Å². The van der Waals surface area contributed by atoms with Crippen molar-refractivity contribution < 1.29 is 9.59 Å². The zero-order valence-corrected chi connectivity index (χ0v) is 18.9. The Bertz CT molecular complexity index is 702. The maximum atomic E-state index is 12.6. The van der Waals surface area contributed by atoms with Crippen LogP contribution in [0, 0.1) is 0 Å². The average Bonchev–Trinajstić information content (AvgIpc) is 2.53. The average molecular weight is 488 g/mol. The van der Waals surface area contributed by atoms with Crippen LogP contribution in [0.2, 0.25) is 0 Å². The zero-order valence-electron chi connectivity index (χ0n) is 16.5. The van der Waals surface area contributed by atoms with Crippen LogP contribution in [-0.2, 0) is 11.3 Å². The van der Waals surface area contributed by atoms with Crippen LogP contribution in [0.3, 0.4) is 0 Å². The molecule has 2 rings (SSSR count). The minimum atomic E-state index is -0.552. The van der Waals surface area contributed by atoms with Gasteiger partial charge in [-0.05, 0) is 39.3 Å². The van der Waals surface area contributed by atoms with Crippen LogP contribution in [0.15, 0.2) is 23.3 Å².